The fourth-order valence-corrected chi connectivity index (χ4v) is 3.28. The molecule has 2 fully saturated rings. The largest absolute Gasteiger partial charge is 0.378 e. The summed E-state index contributed by atoms with van der Waals surface area (Å²) >= 11 is 0. The molecule has 1 aromatic heterocycles. The zero-order valence-electron chi connectivity index (χ0n) is 15.0. The molecule has 1 saturated heterocycles. The van der Waals surface area contributed by atoms with Crippen molar-refractivity contribution in [2.75, 3.05) is 38.3 Å². The van der Waals surface area contributed by atoms with Gasteiger partial charge in [0, 0.05) is 31.2 Å². The molecule has 1 atom stereocenters. The second-order valence-corrected chi connectivity index (χ2v) is 7.08. The molecule has 0 unspecified atom stereocenters. The molecule has 1 saturated carbocycles. The van der Waals surface area contributed by atoms with Gasteiger partial charge in [-0.2, -0.15) is 4.98 Å². The van der Waals surface area contributed by atoms with Gasteiger partial charge < -0.3 is 14.2 Å². The van der Waals surface area contributed by atoms with E-state index in [1.807, 2.05) is 0 Å². The van der Waals surface area contributed by atoms with Crippen molar-refractivity contribution < 1.29 is 9.26 Å². The summed E-state index contributed by atoms with van der Waals surface area (Å²) in [5, 5.41) is 4.14. The third kappa shape index (κ3) is 3.70. The van der Waals surface area contributed by atoms with Gasteiger partial charge in [0.15, 0.2) is 5.82 Å². The average Bonchev–Trinajstić information content (AvgIpc) is 3.39. The molecule has 1 aliphatic heterocycles. The molecule has 0 spiro atoms. The van der Waals surface area contributed by atoms with Crippen molar-refractivity contribution in [1.29, 1.82) is 0 Å². The minimum absolute atomic E-state index is 0.0951. The van der Waals surface area contributed by atoms with Crippen LogP contribution >= 0.6 is 0 Å². The highest BCUT2D eigenvalue weighted by Gasteiger charge is 2.30. The van der Waals surface area contributed by atoms with E-state index in [2.05, 4.69) is 58.2 Å². The van der Waals surface area contributed by atoms with Crippen LogP contribution in [0.1, 0.15) is 49.0 Å². The number of rotatable bonds is 6. The summed E-state index contributed by atoms with van der Waals surface area (Å²) in [7, 11) is 2.11. The Bertz CT molecular complexity index is 707. The quantitative estimate of drug-likeness (QED) is 0.804. The van der Waals surface area contributed by atoms with Crippen LogP contribution in [0.15, 0.2) is 28.8 Å². The van der Waals surface area contributed by atoms with Gasteiger partial charge in [0.2, 0.25) is 5.89 Å². The van der Waals surface area contributed by atoms with Gasteiger partial charge in [-0.15, -0.1) is 0 Å². The molecule has 0 bridgehead atoms. The zero-order valence-corrected chi connectivity index (χ0v) is 15.0. The molecule has 134 valence electrons. The van der Waals surface area contributed by atoms with Crippen molar-refractivity contribution in [3.05, 3.63) is 41.5 Å². The van der Waals surface area contributed by atoms with Crippen molar-refractivity contribution in [3.8, 4) is 0 Å². The van der Waals surface area contributed by atoms with E-state index in [1.165, 1.54) is 24.1 Å². The van der Waals surface area contributed by atoms with Gasteiger partial charge in [-0.3, -0.25) is 4.90 Å². The molecule has 0 radical (unpaired) electrons. The normalized spacial score (nSPS) is 19.4. The summed E-state index contributed by atoms with van der Waals surface area (Å²) in [6, 6.07) is 8.72. The minimum Gasteiger partial charge on any atom is -0.378 e. The van der Waals surface area contributed by atoms with Crippen LogP contribution in [-0.2, 0) is 11.3 Å². The highest BCUT2D eigenvalue weighted by Crippen LogP contribution is 2.38. The van der Waals surface area contributed by atoms with Gasteiger partial charge in [0.1, 0.15) is 0 Å². The number of ether oxygens (including phenoxy) is 1. The van der Waals surface area contributed by atoms with Crippen LogP contribution in [-0.4, -0.2) is 48.4 Å². The maximum absolute atomic E-state index is 5.50. The SMILES string of the molecule is C[C@H](c1nc(C2CC2)no1)N(C)Cc1ccccc1N1CCOCC1. The Kier molecular flexibility index (Phi) is 4.72. The second kappa shape index (κ2) is 7.14. The van der Waals surface area contributed by atoms with E-state index >= 15 is 0 Å². The summed E-state index contributed by atoms with van der Waals surface area (Å²) in [4.78, 5) is 9.28. The Labute approximate surface area is 148 Å². The van der Waals surface area contributed by atoms with Gasteiger partial charge >= 0.3 is 0 Å². The number of aromatic nitrogens is 2. The van der Waals surface area contributed by atoms with Crippen LogP contribution < -0.4 is 4.90 Å². The van der Waals surface area contributed by atoms with E-state index in [0.717, 1.165) is 38.7 Å². The van der Waals surface area contributed by atoms with E-state index in [9.17, 15) is 0 Å². The smallest absolute Gasteiger partial charge is 0.243 e. The van der Waals surface area contributed by atoms with E-state index in [-0.39, 0.29) is 6.04 Å². The van der Waals surface area contributed by atoms with E-state index in [0.29, 0.717) is 11.8 Å². The number of morpholine rings is 1. The lowest BCUT2D eigenvalue weighted by Gasteiger charge is -2.32. The number of para-hydroxylation sites is 1. The van der Waals surface area contributed by atoms with Crippen LogP contribution in [0.2, 0.25) is 0 Å². The summed E-state index contributed by atoms with van der Waals surface area (Å²) in [6.45, 7) is 6.46. The number of nitrogens with zero attached hydrogens (tertiary/aromatic N) is 4. The van der Waals surface area contributed by atoms with E-state index < -0.39 is 0 Å². The molecule has 1 aliphatic carbocycles. The van der Waals surface area contributed by atoms with Crippen molar-refractivity contribution in [2.24, 2.45) is 0 Å². The standard InChI is InChI=1S/C19H26N4O2/c1-14(19-20-18(21-25-19)15-7-8-15)22(2)13-16-5-3-4-6-17(16)23-9-11-24-12-10-23/h3-6,14-15H,7-13H2,1-2H3/t14-/m1/s1. The molecule has 2 heterocycles. The maximum atomic E-state index is 5.50. The topological polar surface area (TPSA) is 54.6 Å². The number of benzene rings is 1. The molecule has 1 aromatic carbocycles. The van der Waals surface area contributed by atoms with Gasteiger partial charge in [-0.05, 0) is 38.4 Å². The highest BCUT2D eigenvalue weighted by molar-refractivity contribution is 5.53. The summed E-state index contributed by atoms with van der Waals surface area (Å²) in [6.07, 6.45) is 2.38. The number of anilines is 1. The first-order valence-corrected chi connectivity index (χ1v) is 9.16. The van der Waals surface area contributed by atoms with Crippen LogP contribution in [0.3, 0.4) is 0 Å². The highest BCUT2D eigenvalue weighted by atomic mass is 16.5. The predicted octanol–water partition coefficient (Wildman–Crippen LogP) is 2.98. The average molecular weight is 342 g/mol. The molecule has 25 heavy (non-hydrogen) atoms. The van der Waals surface area contributed by atoms with Crippen molar-refractivity contribution in [3.63, 3.8) is 0 Å². The third-order valence-electron chi connectivity index (χ3n) is 5.18. The Balaban J connectivity index is 1.46. The zero-order chi connectivity index (χ0) is 17.2. The molecule has 6 nitrogen and oxygen atoms in total. The lowest BCUT2D eigenvalue weighted by Crippen LogP contribution is -2.37. The van der Waals surface area contributed by atoms with E-state index in [4.69, 9.17) is 9.26 Å². The molecule has 2 aromatic rings. The number of hydrogen-bond donors (Lipinski definition) is 0. The van der Waals surface area contributed by atoms with Gasteiger partial charge in [0.05, 0.1) is 19.3 Å². The first-order valence-electron chi connectivity index (χ1n) is 9.16. The van der Waals surface area contributed by atoms with Crippen molar-refractivity contribution >= 4 is 5.69 Å². The summed E-state index contributed by atoms with van der Waals surface area (Å²) in [5.74, 6) is 2.12. The second-order valence-electron chi connectivity index (χ2n) is 7.08. The van der Waals surface area contributed by atoms with Gasteiger partial charge in [-0.1, -0.05) is 23.4 Å². The first-order chi connectivity index (χ1) is 12.2. The Morgan fingerprint density at radius 3 is 2.76 bits per heavy atom. The Morgan fingerprint density at radius 2 is 2.00 bits per heavy atom. The lowest BCUT2D eigenvalue weighted by atomic mass is 10.1. The fourth-order valence-electron chi connectivity index (χ4n) is 3.28. The minimum atomic E-state index is 0.0951. The molecular formula is C19H26N4O2. The third-order valence-corrected chi connectivity index (χ3v) is 5.18. The van der Waals surface area contributed by atoms with Crippen LogP contribution in [0.5, 0.6) is 0 Å². The molecule has 4 rings (SSSR count). The predicted molar refractivity (Wildman–Crippen MR) is 95.6 cm³/mol. The van der Waals surface area contributed by atoms with Crippen LogP contribution in [0.4, 0.5) is 5.69 Å². The van der Waals surface area contributed by atoms with Gasteiger partial charge in [0.25, 0.3) is 0 Å². The molecule has 0 amide bonds. The Morgan fingerprint density at radius 1 is 1.24 bits per heavy atom. The van der Waals surface area contributed by atoms with Gasteiger partial charge in [-0.25, -0.2) is 0 Å². The Hall–Kier alpha value is -1.92. The maximum Gasteiger partial charge on any atom is 0.243 e. The number of hydrogen-bond acceptors (Lipinski definition) is 6. The molecule has 2 aliphatic rings. The van der Waals surface area contributed by atoms with Crippen LogP contribution in [0.25, 0.3) is 0 Å². The molecule has 6 heteroatoms. The monoisotopic (exact) mass is 342 g/mol. The van der Waals surface area contributed by atoms with Crippen LogP contribution in [0, 0.1) is 0 Å². The van der Waals surface area contributed by atoms with E-state index in [1.54, 1.807) is 0 Å². The summed E-state index contributed by atoms with van der Waals surface area (Å²) < 4.78 is 11.0. The lowest BCUT2D eigenvalue weighted by molar-refractivity contribution is 0.122. The van der Waals surface area contributed by atoms with Crippen molar-refractivity contribution in [2.45, 2.75) is 38.3 Å². The first kappa shape index (κ1) is 16.5. The summed E-state index contributed by atoms with van der Waals surface area (Å²) in [5.41, 5.74) is 2.62. The fraction of sp³-hybridized carbons (Fsp3) is 0.579. The molecular weight excluding hydrogens is 316 g/mol. The molecule has 0 N–H and O–H groups in total. The van der Waals surface area contributed by atoms with Crippen molar-refractivity contribution in [1.82, 2.24) is 15.0 Å².